The van der Waals surface area contributed by atoms with Crippen LogP contribution in [0.1, 0.15) is 26.5 Å². The summed E-state index contributed by atoms with van der Waals surface area (Å²) in [7, 11) is 0. The van der Waals surface area contributed by atoms with E-state index in [2.05, 4.69) is 15.7 Å². The number of alkyl carbamates (subject to hydrolysis) is 1. The largest absolute Gasteiger partial charge is 0.444 e. The van der Waals surface area contributed by atoms with E-state index < -0.39 is 11.7 Å². The summed E-state index contributed by atoms with van der Waals surface area (Å²) in [5, 5.41) is 2.61. The number of hydrazine groups is 1. The van der Waals surface area contributed by atoms with Gasteiger partial charge in [-0.15, -0.1) is 0 Å². The molecule has 0 aliphatic carbocycles. The molecule has 0 unspecified atom stereocenters. The highest BCUT2D eigenvalue weighted by molar-refractivity contribution is 5.67. The Morgan fingerprint density at radius 2 is 2.18 bits per heavy atom. The first-order valence-electron chi connectivity index (χ1n) is 5.30. The van der Waals surface area contributed by atoms with Crippen LogP contribution in [0.2, 0.25) is 0 Å². The number of carbonyl (C=O) groups excluding carboxylic acids is 1. The quantitative estimate of drug-likeness (QED) is 0.547. The normalized spacial score (nSPS) is 10.8. The summed E-state index contributed by atoms with van der Waals surface area (Å²) in [6, 6.07) is 5.32. The molecule has 4 N–H and O–H groups in total. The zero-order chi connectivity index (χ0) is 12.9. The zero-order valence-electron chi connectivity index (χ0n) is 10.3. The van der Waals surface area contributed by atoms with Crippen molar-refractivity contribution >= 4 is 11.9 Å². The Morgan fingerprint density at radius 1 is 1.47 bits per heavy atom. The second-order valence-corrected chi connectivity index (χ2v) is 4.51. The molecule has 0 bridgehead atoms. The van der Waals surface area contributed by atoms with Crippen molar-refractivity contribution in [2.45, 2.75) is 32.9 Å². The smallest absolute Gasteiger partial charge is 0.407 e. The lowest BCUT2D eigenvalue weighted by Gasteiger charge is -2.19. The second kappa shape index (κ2) is 5.49. The Bertz CT molecular complexity index is 387. The first-order valence-corrected chi connectivity index (χ1v) is 5.30. The van der Waals surface area contributed by atoms with Gasteiger partial charge in [-0.25, -0.2) is 15.6 Å². The number of nitrogen functional groups attached to an aromatic ring is 1. The number of amides is 1. The van der Waals surface area contributed by atoms with Crippen LogP contribution in [0.3, 0.4) is 0 Å². The van der Waals surface area contributed by atoms with Crippen molar-refractivity contribution in [1.82, 2.24) is 10.3 Å². The van der Waals surface area contributed by atoms with E-state index in [9.17, 15) is 4.79 Å². The molecule has 0 aliphatic rings. The molecule has 6 nitrogen and oxygen atoms in total. The van der Waals surface area contributed by atoms with Crippen LogP contribution in [0.5, 0.6) is 0 Å². The minimum Gasteiger partial charge on any atom is -0.444 e. The summed E-state index contributed by atoms with van der Waals surface area (Å²) in [5.74, 6) is 5.78. The molecule has 17 heavy (non-hydrogen) atoms. The SMILES string of the molecule is CC(C)(C)OC(=O)NCc1cccc(NN)n1. The van der Waals surface area contributed by atoms with Gasteiger partial charge < -0.3 is 15.5 Å². The maximum absolute atomic E-state index is 11.4. The highest BCUT2D eigenvalue weighted by Gasteiger charge is 2.15. The predicted molar refractivity (Wildman–Crippen MR) is 65.1 cm³/mol. The molecule has 1 aromatic heterocycles. The van der Waals surface area contributed by atoms with Crippen molar-refractivity contribution in [2.75, 3.05) is 5.43 Å². The lowest BCUT2D eigenvalue weighted by atomic mass is 10.2. The molecule has 94 valence electrons. The fourth-order valence-electron chi connectivity index (χ4n) is 1.14. The number of rotatable bonds is 3. The fraction of sp³-hybridized carbons (Fsp3) is 0.455. The fourth-order valence-corrected chi connectivity index (χ4v) is 1.14. The standard InChI is InChI=1S/C11H18N4O2/c1-11(2,3)17-10(16)13-7-8-5-4-6-9(14-8)15-12/h4-6H,7,12H2,1-3H3,(H,13,16)(H,14,15). The second-order valence-electron chi connectivity index (χ2n) is 4.51. The third-order valence-corrected chi connectivity index (χ3v) is 1.77. The van der Waals surface area contributed by atoms with Gasteiger partial charge in [0.25, 0.3) is 0 Å². The average molecular weight is 238 g/mol. The predicted octanol–water partition coefficient (Wildman–Crippen LogP) is 1.39. The van der Waals surface area contributed by atoms with Gasteiger partial charge in [0.15, 0.2) is 0 Å². The third-order valence-electron chi connectivity index (χ3n) is 1.77. The molecule has 0 saturated heterocycles. The Hall–Kier alpha value is -1.82. The number of nitrogens with two attached hydrogens (primary N) is 1. The summed E-state index contributed by atoms with van der Waals surface area (Å²) in [6.45, 7) is 5.72. The van der Waals surface area contributed by atoms with E-state index in [0.717, 1.165) is 0 Å². The molecule has 0 spiro atoms. The maximum Gasteiger partial charge on any atom is 0.407 e. The van der Waals surface area contributed by atoms with Gasteiger partial charge in [0.1, 0.15) is 11.4 Å². The van der Waals surface area contributed by atoms with Gasteiger partial charge in [0.2, 0.25) is 0 Å². The van der Waals surface area contributed by atoms with Crippen LogP contribution in [0, 0.1) is 0 Å². The molecule has 1 heterocycles. The van der Waals surface area contributed by atoms with Crippen LogP contribution in [0.15, 0.2) is 18.2 Å². The van der Waals surface area contributed by atoms with Crippen LogP contribution < -0.4 is 16.6 Å². The Labute approximate surface area is 101 Å². The number of nitrogens with zero attached hydrogens (tertiary/aromatic N) is 1. The average Bonchev–Trinajstić information content (AvgIpc) is 2.24. The molecular weight excluding hydrogens is 220 g/mol. The first kappa shape index (κ1) is 13.2. The van der Waals surface area contributed by atoms with Gasteiger partial charge >= 0.3 is 6.09 Å². The number of pyridine rings is 1. The molecule has 0 atom stereocenters. The van der Waals surface area contributed by atoms with E-state index in [1.54, 1.807) is 18.2 Å². The molecular formula is C11H18N4O2. The molecule has 1 rings (SSSR count). The molecule has 6 heteroatoms. The van der Waals surface area contributed by atoms with E-state index in [1.165, 1.54) is 0 Å². The Balaban J connectivity index is 2.47. The van der Waals surface area contributed by atoms with E-state index >= 15 is 0 Å². The number of carbonyl (C=O) groups is 1. The van der Waals surface area contributed by atoms with Crippen molar-refractivity contribution in [3.8, 4) is 0 Å². The molecule has 0 fully saturated rings. The van der Waals surface area contributed by atoms with E-state index in [0.29, 0.717) is 18.1 Å². The van der Waals surface area contributed by atoms with Crippen LogP contribution in [-0.2, 0) is 11.3 Å². The minimum absolute atomic E-state index is 0.296. The number of anilines is 1. The summed E-state index contributed by atoms with van der Waals surface area (Å²) in [5.41, 5.74) is 2.64. The van der Waals surface area contributed by atoms with Crippen molar-refractivity contribution in [3.05, 3.63) is 23.9 Å². The Kier molecular flexibility index (Phi) is 4.28. The van der Waals surface area contributed by atoms with Crippen molar-refractivity contribution < 1.29 is 9.53 Å². The summed E-state index contributed by atoms with van der Waals surface area (Å²) in [4.78, 5) is 15.5. The van der Waals surface area contributed by atoms with E-state index in [1.807, 2.05) is 20.8 Å². The number of hydrogen-bond acceptors (Lipinski definition) is 5. The minimum atomic E-state index is -0.502. The molecule has 1 aromatic rings. The van der Waals surface area contributed by atoms with Gasteiger partial charge in [-0.1, -0.05) is 6.07 Å². The summed E-state index contributed by atoms with van der Waals surface area (Å²) >= 11 is 0. The highest BCUT2D eigenvalue weighted by atomic mass is 16.6. The van der Waals surface area contributed by atoms with E-state index in [-0.39, 0.29) is 0 Å². The number of ether oxygens (including phenoxy) is 1. The molecule has 0 saturated carbocycles. The van der Waals surface area contributed by atoms with Crippen LogP contribution in [0.4, 0.5) is 10.6 Å². The van der Waals surface area contributed by atoms with E-state index in [4.69, 9.17) is 10.6 Å². The molecule has 1 amide bonds. The Morgan fingerprint density at radius 3 is 2.76 bits per heavy atom. The van der Waals surface area contributed by atoms with Crippen LogP contribution in [0.25, 0.3) is 0 Å². The monoisotopic (exact) mass is 238 g/mol. The van der Waals surface area contributed by atoms with Crippen molar-refractivity contribution in [2.24, 2.45) is 5.84 Å². The highest BCUT2D eigenvalue weighted by Crippen LogP contribution is 2.07. The van der Waals surface area contributed by atoms with Gasteiger partial charge in [-0.05, 0) is 32.9 Å². The number of aromatic nitrogens is 1. The van der Waals surface area contributed by atoms with Gasteiger partial charge in [-0.2, -0.15) is 0 Å². The zero-order valence-corrected chi connectivity index (χ0v) is 10.3. The van der Waals surface area contributed by atoms with Crippen molar-refractivity contribution in [1.29, 1.82) is 0 Å². The van der Waals surface area contributed by atoms with Gasteiger partial charge in [0, 0.05) is 0 Å². The maximum atomic E-state index is 11.4. The first-order chi connectivity index (χ1) is 7.90. The lowest BCUT2D eigenvalue weighted by Crippen LogP contribution is -2.32. The molecule has 0 aliphatic heterocycles. The molecule has 0 aromatic carbocycles. The van der Waals surface area contributed by atoms with Crippen molar-refractivity contribution in [3.63, 3.8) is 0 Å². The van der Waals surface area contributed by atoms with Gasteiger partial charge in [-0.3, -0.25) is 0 Å². The number of hydrogen-bond donors (Lipinski definition) is 3. The van der Waals surface area contributed by atoms with Crippen LogP contribution >= 0.6 is 0 Å². The number of nitrogens with one attached hydrogen (secondary N) is 2. The molecule has 0 radical (unpaired) electrons. The third kappa shape index (κ3) is 5.17. The lowest BCUT2D eigenvalue weighted by molar-refractivity contribution is 0.0523. The topological polar surface area (TPSA) is 89.3 Å². The summed E-state index contributed by atoms with van der Waals surface area (Å²) in [6.07, 6.45) is -0.467. The van der Waals surface area contributed by atoms with Crippen LogP contribution in [-0.4, -0.2) is 16.7 Å². The van der Waals surface area contributed by atoms with Gasteiger partial charge in [0.05, 0.1) is 12.2 Å². The summed E-state index contributed by atoms with van der Waals surface area (Å²) < 4.78 is 5.10.